The van der Waals surface area contributed by atoms with Crippen LogP contribution in [0.4, 0.5) is 0 Å². The third kappa shape index (κ3) is 7.44. The van der Waals surface area contributed by atoms with E-state index in [1.54, 1.807) is 0 Å². The average Bonchev–Trinajstić information content (AvgIpc) is 1.97. The van der Waals surface area contributed by atoms with Gasteiger partial charge in [-0.3, -0.25) is 0 Å². The molecule has 0 fully saturated rings. The molecule has 0 atom stereocenters. The van der Waals surface area contributed by atoms with Crippen molar-refractivity contribution in [2.75, 3.05) is 13.1 Å². The summed E-state index contributed by atoms with van der Waals surface area (Å²) in [6.07, 6.45) is 8.49. The highest BCUT2D eigenvalue weighted by Gasteiger charge is 1.75. The molecule has 1 heteroatoms. The van der Waals surface area contributed by atoms with E-state index in [0.29, 0.717) is 0 Å². The molecule has 0 aromatic carbocycles. The zero-order valence-electron chi connectivity index (χ0n) is 6.77. The van der Waals surface area contributed by atoms with Gasteiger partial charge in [-0.15, -0.1) is 6.58 Å². The van der Waals surface area contributed by atoms with Crippen molar-refractivity contribution in [1.82, 2.24) is 5.32 Å². The number of hydrogen-bond donors (Lipinski definition) is 1. The summed E-state index contributed by atoms with van der Waals surface area (Å²) in [6.45, 7) is 7.79. The standard InChI is InChI=1S/C9H17N/c1-3-5-6-7-8-9-10-4-2/h3,7-8,10H,1,4-6,9H2,2H3/b8-7+. The smallest absolute Gasteiger partial charge is 0.0134 e. The van der Waals surface area contributed by atoms with Crippen molar-refractivity contribution in [3.8, 4) is 0 Å². The van der Waals surface area contributed by atoms with Crippen LogP contribution in [0.3, 0.4) is 0 Å². The quantitative estimate of drug-likeness (QED) is 0.439. The van der Waals surface area contributed by atoms with Crippen LogP contribution >= 0.6 is 0 Å². The summed E-state index contributed by atoms with van der Waals surface area (Å²) in [7, 11) is 0. The van der Waals surface area contributed by atoms with E-state index >= 15 is 0 Å². The van der Waals surface area contributed by atoms with Crippen molar-refractivity contribution in [3.63, 3.8) is 0 Å². The Morgan fingerprint density at radius 2 is 2.10 bits per heavy atom. The van der Waals surface area contributed by atoms with Gasteiger partial charge in [-0.2, -0.15) is 0 Å². The lowest BCUT2D eigenvalue weighted by atomic mass is 10.3. The van der Waals surface area contributed by atoms with Crippen LogP contribution < -0.4 is 5.32 Å². The van der Waals surface area contributed by atoms with Gasteiger partial charge in [0.05, 0.1) is 0 Å². The molecule has 1 N–H and O–H groups in total. The number of rotatable bonds is 6. The van der Waals surface area contributed by atoms with Crippen molar-refractivity contribution < 1.29 is 0 Å². The van der Waals surface area contributed by atoms with E-state index in [2.05, 4.69) is 31.0 Å². The fraction of sp³-hybridized carbons (Fsp3) is 0.556. The van der Waals surface area contributed by atoms with Gasteiger partial charge in [-0.25, -0.2) is 0 Å². The van der Waals surface area contributed by atoms with E-state index in [9.17, 15) is 0 Å². The zero-order chi connectivity index (χ0) is 7.66. The molecule has 0 radical (unpaired) electrons. The van der Waals surface area contributed by atoms with Crippen LogP contribution in [0.2, 0.25) is 0 Å². The minimum absolute atomic E-state index is 0.994. The maximum absolute atomic E-state index is 3.65. The second-order valence-electron chi connectivity index (χ2n) is 2.15. The van der Waals surface area contributed by atoms with Gasteiger partial charge in [0.1, 0.15) is 0 Å². The molecule has 1 nitrogen and oxygen atoms in total. The lowest BCUT2D eigenvalue weighted by Gasteiger charge is -1.91. The Hall–Kier alpha value is -0.560. The average molecular weight is 139 g/mol. The molecule has 0 aliphatic rings. The van der Waals surface area contributed by atoms with Gasteiger partial charge in [-0.05, 0) is 19.4 Å². The van der Waals surface area contributed by atoms with Crippen molar-refractivity contribution in [3.05, 3.63) is 24.8 Å². The number of allylic oxidation sites excluding steroid dienone is 2. The molecule has 0 spiro atoms. The summed E-state index contributed by atoms with van der Waals surface area (Å²) < 4.78 is 0. The van der Waals surface area contributed by atoms with E-state index in [-0.39, 0.29) is 0 Å². The molecule has 0 rings (SSSR count). The first-order valence-corrected chi connectivity index (χ1v) is 3.88. The summed E-state index contributed by atoms with van der Waals surface area (Å²) >= 11 is 0. The lowest BCUT2D eigenvalue weighted by Crippen LogP contribution is -2.11. The van der Waals surface area contributed by atoms with Crippen LogP contribution in [0.25, 0.3) is 0 Å². The molecule has 0 aliphatic heterocycles. The van der Waals surface area contributed by atoms with E-state index in [1.165, 1.54) is 0 Å². The zero-order valence-corrected chi connectivity index (χ0v) is 6.77. The molecule has 10 heavy (non-hydrogen) atoms. The molecule has 0 heterocycles. The van der Waals surface area contributed by atoms with Gasteiger partial charge in [0.15, 0.2) is 0 Å². The molecule has 0 unspecified atom stereocenters. The summed E-state index contributed by atoms with van der Waals surface area (Å²) in [4.78, 5) is 0. The number of nitrogens with one attached hydrogen (secondary N) is 1. The lowest BCUT2D eigenvalue weighted by molar-refractivity contribution is 0.797. The van der Waals surface area contributed by atoms with Gasteiger partial charge >= 0.3 is 0 Å². The summed E-state index contributed by atoms with van der Waals surface area (Å²) in [5.41, 5.74) is 0. The Morgan fingerprint density at radius 3 is 2.70 bits per heavy atom. The van der Waals surface area contributed by atoms with Crippen molar-refractivity contribution in [1.29, 1.82) is 0 Å². The second-order valence-corrected chi connectivity index (χ2v) is 2.15. The highest BCUT2D eigenvalue weighted by molar-refractivity contribution is 4.85. The van der Waals surface area contributed by atoms with Crippen LogP contribution in [-0.4, -0.2) is 13.1 Å². The topological polar surface area (TPSA) is 12.0 Å². The SMILES string of the molecule is C=CCC/C=C/CNCC. The molecule has 0 aromatic rings. The van der Waals surface area contributed by atoms with Crippen molar-refractivity contribution >= 4 is 0 Å². The Kier molecular flexibility index (Phi) is 7.97. The number of hydrogen-bond acceptors (Lipinski definition) is 1. The fourth-order valence-corrected chi connectivity index (χ4v) is 0.643. The van der Waals surface area contributed by atoms with Crippen LogP contribution in [0.1, 0.15) is 19.8 Å². The second kappa shape index (κ2) is 8.44. The molecule has 0 aliphatic carbocycles. The number of unbranched alkanes of at least 4 members (excludes halogenated alkanes) is 1. The molecule has 0 aromatic heterocycles. The van der Waals surface area contributed by atoms with Crippen LogP contribution in [-0.2, 0) is 0 Å². The Morgan fingerprint density at radius 1 is 1.30 bits per heavy atom. The molecule has 0 saturated heterocycles. The van der Waals surface area contributed by atoms with Crippen LogP contribution in [0, 0.1) is 0 Å². The molecule has 58 valence electrons. The van der Waals surface area contributed by atoms with E-state index in [4.69, 9.17) is 0 Å². The Balaban J connectivity index is 2.96. The van der Waals surface area contributed by atoms with Crippen LogP contribution in [0.5, 0.6) is 0 Å². The van der Waals surface area contributed by atoms with E-state index < -0.39 is 0 Å². The normalized spacial score (nSPS) is 10.5. The molecular formula is C9H17N. The minimum atomic E-state index is 0.994. The van der Waals surface area contributed by atoms with Gasteiger partial charge in [0.2, 0.25) is 0 Å². The Bertz CT molecular complexity index is 94.9. The first-order chi connectivity index (χ1) is 4.91. The van der Waals surface area contributed by atoms with Crippen molar-refractivity contribution in [2.45, 2.75) is 19.8 Å². The summed E-state index contributed by atoms with van der Waals surface area (Å²) in [5, 5.41) is 3.21. The maximum atomic E-state index is 3.65. The number of likely N-dealkylation sites (N-methyl/N-ethyl adjacent to an activating group) is 1. The van der Waals surface area contributed by atoms with Crippen LogP contribution in [0.15, 0.2) is 24.8 Å². The predicted octanol–water partition coefficient (Wildman–Crippen LogP) is 2.12. The minimum Gasteiger partial charge on any atom is -0.314 e. The molecular weight excluding hydrogens is 122 g/mol. The van der Waals surface area contributed by atoms with Crippen molar-refractivity contribution in [2.24, 2.45) is 0 Å². The third-order valence-corrected chi connectivity index (χ3v) is 1.22. The van der Waals surface area contributed by atoms with E-state index in [0.717, 1.165) is 25.9 Å². The predicted molar refractivity (Wildman–Crippen MR) is 47.1 cm³/mol. The third-order valence-electron chi connectivity index (χ3n) is 1.22. The summed E-state index contributed by atoms with van der Waals surface area (Å²) in [5.74, 6) is 0. The molecule has 0 saturated carbocycles. The van der Waals surface area contributed by atoms with Gasteiger partial charge in [0, 0.05) is 6.54 Å². The first-order valence-electron chi connectivity index (χ1n) is 3.88. The monoisotopic (exact) mass is 139 g/mol. The summed E-state index contributed by atoms with van der Waals surface area (Å²) in [6, 6.07) is 0. The van der Waals surface area contributed by atoms with Gasteiger partial charge in [-0.1, -0.05) is 25.2 Å². The van der Waals surface area contributed by atoms with E-state index in [1.807, 2.05) is 6.08 Å². The molecule has 0 bridgehead atoms. The maximum Gasteiger partial charge on any atom is 0.0134 e. The highest BCUT2D eigenvalue weighted by atomic mass is 14.8. The highest BCUT2D eigenvalue weighted by Crippen LogP contribution is 1.89. The molecule has 0 amide bonds. The first kappa shape index (κ1) is 9.44. The van der Waals surface area contributed by atoms with Gasteiger partial charge < -0.3 is 5.32 Å². The Labute approximate surface area is 63.8 Å². The largest absolute Gasteiger partial charge is 0.314 e. The van der Waals surface area contributed by atoms with Gasteiger partial charge in [0.25, 0.3) is 0 Å². The fourth-order valence-electron chi connectivity index (χ4n) is 0.643.